The number of non-ortho nitro benzene ring substituents is 1. The molecule has 2 rings (SSSR count). The molecule has 5 nitrogen and oxygen atoms in total. The molecule has 0 saturated carbocycles. The van der Waals surface area contributed by atoms with Crippen molar-refractivity contribution in [2.75, 3.05) is 0 Å². The van der Waals surface area contributed by atoms with Crippen LogP contribution in [0.3, 0.4) is 0 Å². The minimum atomic E-state index is -0.472. The summed E-state index contributed by atoms with van der Waals surface area (Å²) in [6.45, 7) is 2.41. The number of nitrogens with zero attached hydrogens (tertiary/aromatic N) is 2. The number of carbonyl (C=O) groups is 1. The Kier molecular flexibility index (Phi) is 5.97. The fourth-order valence-corrected chi connectivity index (χ4v) is 2.37. The van der Waals surface area contributed by atoms with Crippen molar-refractivity contribution in [2.45, 2.75) is 39.2 Å². The maximum atomic E-state index is 12.2. The van der Waals surface area contributed by atoms with Gasteiger partial charge in [0.15, 0.2) is 12.4 Å². The van der Waals surface area contributed by atoms with Crippen molar-refractivity contribution >= 4 is 11.5 Å². The van der Waals surface area contributed by atoms with Crippen molar-refractivity contribution in [3.8, 4) is 0 Å². The summed E-state index contributed by atoms with van der Waals surface area (Å²) in [7, 11) is 0. The average molecular weight is 313 g/mol. The van der Waals surface area contributed by atoms with E-state index in [9.17, 15) is 14.9 Å². The number of aryl methyl sites for hydroxylation is 1. The topological polar surface area (TPSA) is 64.1 Å². The molecule has 0 radical (unpaired) electrons. The summed E-state index contributed by atoms with van der Waals surface area (Å²) in [6, 6.07) is 9.79. The van der Waals surface area contributed by atoms with Gasteiger partial charge in [0, 0.05) is 29.8 Å². The fourth-order valence-electron chi connectivity index (χ4n) is 2.37. The first kappa shape index (κ1) is 16.8. The van der Waals surface area contributed by atoms with Crippen molar-refractivity contribution in [2.24, 2.45) is 0 Å². The molecule has 0 fully saturated rings. The van der Waals surface area contributed by atoms with E-state index in [2.05, 4.69) is 6.92 Å². The fraction of sp³-hybridized carbons (Fsp3) is 0.333. The van der Waals surface area contributed by atoms with Crippen LogP contribution >= 0.6 is 0 Å². The molecule has 0 aliphatic heterocycles. The number of carbonyl (C=O) groups excluding carboxylic acids is 1. The summed E-state index contributed by atoms with van der Waals surface area (Å²) < 4.78 is 1.83. The van der Waals surface area contributed by atoms with E-state index in [4.69, 9.17) is 0 Å². The van der Waals surface area contributed by atoms with E-state index in [1.807, 2.05) is 29.1 Å². The van der Waals surface area contributed by atoms with Crippen LogP contribution in [0.5, 0.6) is 0 Å². The number of hydrogen-bond acceptors (Lipinski definition) is 3. The van der Waals surface area contributed by atoms with Gasteiger partial charge >= 0.3 is 0 Å². The highest BCUT2D eigenvalue weighted by molar-refractivity contribution is 5.95. The highest BCUT2D eigenvalue weighted by atomic mass is 16.6. The van der Waals surface area contributed by atoms with Gasteiger partial charge in [0.2, 0.25) is 12.3 Å². The Balaban J connectivity index is 1.95. The number of unbranched alkanes of at least 4 members (excludes halogenated alkanes) is 2. The monoisotopic (exact) mass is 313 g/mol. The molecule has 1 aromatic heterocycles. The van der Waals surface area contributed by atoms with Gasteiger partial charge in [-0.3, -0.25) is 14.9 Å². The van der Waals surface area contributed by atoms with Crippen LogP contribution in [0.25, 0.3) is 0 Å². The van der Waals surface area contributed by atoms with Gasteiger partial charge in [0.05, 0.1) is 4.92 Å². The summed E-state index contributed by atoms with van der Waals surface area (Å²) in [5.74, 6) is -0.0661. The minimum Gasteiger partial charge on any atom is -0.287 e. The molecule has 0 aliphatic rings. The number of aromatic nitrogens is 1. The molecule has 2 aromatic rings. The van der Waals surface area contributed by atoms with Crippen LogP contribution in [0.15, 0.2) is 48.8 Å². The molecular formula is C18H21N2O3+. The van der Waals surface area contributed by atoms with Crippen LogP contribution in [0.1, 0.15) is 42.1 Å². The molecule has 5 heteroatoms. The number of pyridine rings is 1. The number of ketones is 1. The Morgan fingerprint density at radius 2 is 1.74 bits per heavy atom. The lowest BCUT2D eigenvalue weighted by Crippen LogP contribution is -2.37. The maximum absolute atomic E-state index is 12.2. The van der Waals surface area contributed by atoms with Gasteiger partial charge in [0.25, 0.3) is 5.69 Å². The summed E-state index contributed by atoms with van der Waals surface area (Å²) in [6.07, 6.45) is 8.49. The molecule has 0 spiro atoms. The van der Waals surface area contributed by atoms with E-state index in [0.717, 1.165) is 6.42 Å². The zero-order valence-corrected chi connectivity index (χ0v) is 13.3. The average Bonchev–Trinajstić information content (AvgIpc) is 2.56. The van der Waals surface area contributed by atoms with E-state index >= 15 is 0 Å². The minimum absolute atomic E-state index is 0.00867. The standard InChI is InChI=1S/C18H21N2O3/c1-2-3-4-5-15-10-12-19(13-11-15)14-18(21)16-6-8-17(9-7-16)20(22)23/h6-13H,2-5,14H2,1H3/q+1. The second kappa shape index (κ2) is 8.17. The van der Waals surface area contributed by atoms with Gasteiger partial charge < -0.3 is 0 Å². The molecule has 120 valence electrons. The molecular weight excluding hydrogens is 292 g/mol. The molecule has 0 saturated heterocycles. The Hall–Kier alpha value is -2.56. The quantitative estimate of drug-likeness (QED) is 0.246. The lowest BCUT2D eigenvalue weighted by Gasteiger charge is -2.01. The molecule has 0 bridgehead atoms. The van der Waals surface area contributed by atoms with E-state index in [-0.39, 0.29) is 18.0 Å². The number of hydrogen-bond donors (Lipinski definition) is 0. The van der Waals surface area contributed by atoms with Crippen LogP contribution in [-0.4, -0.2) is 10.7 Å². The number of nitro groups is 1. The highest BCUT2D eigenvalue weighted by Gasteiger charge is 2.13. The summed E-state index contributed by atoms with van der Waals surface area (Å²) >= 11 is 0. The zero-order valence-electron chi connectivity index (χ0n) is 13.3. The maximum Gasteiger partial charge on any atom is 0.269 e. The highest BCUT2D eigenvalue weighted by Crippen LogP contribution is 2.12. The van der Waals surface area contributed by atoms with Crippen molar-refractivity contribution in [1.29, 1.82) is 0 Å². The van der Waals surface area contributed by atoms with Crippen molar-refractivity contribution in [3.63, 3.8) is 0 Å². The second-order valence-corrected chi connectivity index (χ2v) is 5.56. The number of Topliss-reactive ketones (excluding diaryl/α,β-unsaturated/α-hetero) is 1. The van der Waals surface area contributed by atoms with Crippen molar-refractivity contribution in [1.82, 2.24) is 0 Å². The Morgan fingerprint density at radius 3 is 2.30 bits per heavy atom. The van der Waals surface area contributed by atoms with Gasteiger partial charge in [-0.15, -0.1) is 0 Å². The predicted octanol–water partition coefficient (Wildman–Crippen LogP) is 3.50. The largest absolute Gasteiger partial charge is 0.287 e. The molecule has 1 aromatic carbocycles. The SMILES string of the molecule is CCCCCc1cc[n+](CC(=O)c2ccc([N+](=O)[O-])cc2)cc1. The van der Waals surface area contributed by atoms with Gasteiger partial charge in [-0.2, -0.15) is 4.57 Å². The van der Waals surface area contributed by atoms with Gasteiger partial charge in [-0.05, 0) is 30.5 Å². The smallest absolute Gasteiger partial charge is 0.269 e. The first-order valence-electron chi connectivity index (χ1n) is 7.86. The third-order valence-electron chi connectivity index (χ3n) is 3.76. The Morgan fingerprint density at radius 1 is 1.09 bits per heavy atom. The molecule has 0 atom stereocenters. The van der Waals surface area contributed by atoms with E-state index < -0.39 is 4.92 Å². The van der Waals surface area contributed by atoms with Gasteiger partial charge in [-0.1, -0.05) is 19.8 Å². The van der Waals surface area contributed by atoms with Crippen LogP contribution in [0, 0.1) is 10.1 Å². The third-order valence-corrected chi connectivity index (χ3v) is 3.76. The first-order chi connectivity index (χ1) is 11.1. The molecule has 0 aliphatic carbocycles. The normalized spacial score (nSPS) is 10.5. The number of benzene rings is 1. The second-order valence-electron chi connectivity index (χ2n) is 5.56. The molecule has 1 heterocycles. The van der Waals surface area contributed by atoms with Crippen LogP contribution in [0.4, 0.5) is 5.69 Å². The molecule has 23 heavy (non-hydrogen) atoms. The van der Waals surface area contributed by atoms with Crippen molar-refractivity contribution < 1.29 is 14.3 Å². The number of nitro benzene ring substituents is 1. The summed E-state index contributed by atoms with van der Waals surface area (Å²) in [5.41, 5.74) is 1.75. The molecule has 0 amide bonds. The summed E-state index contributed by atoms with van der Waals surface area (Å²) in [5, 5.41) is 10.6. The van der Waals surface area contributed by atoms with Crippen molar-refractivity contribution in [3.05, 3.63) is 70.0 Å². The van der Waals surface area contributed by atoms with Gasteiger partial charge in [-0.25, -0.2) is 0 Å². The van der Waals surface area contributed by atoms with Gasteiger partial charge in [0.1, 0.15) is 0 Å². The molecule has 0 N–H and O–H groups in total. The predicted molar refractivity (Wildman–Crippen MR) is 87.3 cm³/mol. The zero-order chi connectivity index (χ0) is 16.7. The molecule has 0 unspecified atom stereocenters. The first-order valence-corrected chi connectivity index (χ1v) is 7.86. The van der Waals surface area contributed by atoms with E-state index in [0.29, 0.717) is 5.56 Å². The van der Waals surface area contributed by atoms with Crippen LogP contribution in [-0.2, 0) is 13.0 Å². The Bertz CT molecular complexity index is 664. The van der Waals surface area contributed by atoms with Crippen LogP contribution in [0.2, 0.25) is 0 Å². The van der Waals surface area contributed by atoms with Crippen LogP contribution < -0.4 is 4.57 Å². The van der Waals surface area contributed by atoms with E-state index in [1.54, 1.807) is 0 Å². The third kappa shape index (κ3) is 4.98. The van der Waals surface area contributed by atoms with E-state index in [1.165, 1.54) is 49.1 Å². The lowest BCUT2D eigenvalue weighted by molar-refractivity contribution is -0.683. The number of rotatable bonds is 8. The lowest BCUT2D eigenvalue weighted by atomic mass is 10.1. The Labute approximate surface area is 135 Å². The summed E-state index contributed by atoms with van der Waals surface area (Å²) in [4.78, 5) is 22.3.